The first-order chi connectivity index (χ1) is 6.86. The Kier molecular flexibility index (Phi) is 5.32. The lowest BCUT2D eigenvalue weighted by molar-refractivity contribution is -0.109. The van der Waals surface area contributed by atoms with Gasteiger partial charge in [0.25, 0.3) is 0 Å². The number of rotatable bonds is 3. The molecule has 1 fully saturated rings. The van der Waals surface area contributed by atoms with E-state index in [1.165, 1.54) is 32.1 Å². The summed E-state index contributed by atoms with van der Waals surface area (Å²) in [6, 6.07) is 0. The highest BCUT2D eigenvalue weighted by Gasteiger charge is 2.10. The van der Waals surface area contributed by atoms with Crippen molar-refractivity contribution in [1.29, 1.82) is 0 Å². The monoisotopic (exact) mass is 194 g/mol. The highest BCUT2D eigenvalue weighted by Crippen LogP contribution is 2.22. The smallest absolute Gasteiger partial charge is 0.124 e. The van der Waals surface area contributed by atoms with Crippen LogP contribution in [0.2, 0.25) is 0 Å². The molecule has 14 heavy (non-hydrogen) atoms. The highest BCUT2D eigenvalue weighted by atomic mass is 16.5. The van der Waals surface area contributed by atoms with Crippen molar-refractivity contribution in [2.45, 2.75) is 44.6 Å². The van der Waals surface area contributed by atoms with Crippen LogP contribution in [0.1, 0.15) is 38.5 Å². The molecule has 1 saturated carbocycles. The minimum Gasteiger partial charge on any atom is -0.368 e. The van der Waals surface area contributed by atoms with E-state index in [0.29, 0.717) is 12.3 Å². The molecule has 2 heteroatoms. The first-order valence-corrected chi connectivity index (χ1v) is 5.34. The molecule has 78 valence electrons. The maximum Gasteiger partial charge on any atom is 0.124 e. The van der Waals surface area contributed by atoms with Crippen LogP contribution in [0.15, 0.2) is 0 Å². The average molecular weight is 194 g/mol. The summed E-state index contributed by atoms with van der Waals surface area (Å²) in [6.07, 6.45) is 7.42. The molecule has 0 spiro atoms. The van der Waals surface area contributed by atoms with Gasteiger partial charge in [-0.1, -0.05) is 31.1 Å². The fraction of sp³-hybridized carbons (Fsp3) is 0.750. The van der Waals surface area contributed by atoms with Crippen molar-refractivity contribution in [3.8, 4) is 11.8 Å². The van der Waals surface area contributed by atoms with Crippen LogP contribution < -0.4 is 0 Å². The second-order valence-electron chi connectivity index (χ2n) is 3.75. The molecular formula is C12H18O2. The standard InChI is InChI=1S/C12H18O2/c1-14-12(9-10-13)8-7-11-5-3-2-4-6-11/h10-12H,2-6,9H2,1H3/t12-/m0/s1. The van der Waals surface area contributed by atoms with Gasteiger partial charge in [-0.05, 0) is 12.8 Å². The Balaban J connectivity index is 2.37. The number of hydrogen-bond acceptors (Lipinski definition) is 2. The van der Waals surface area contributed by atoms with Crippen molar-refractivity contribution in [3.63, 3.8) is 0 Å². The molecule has 0 N–H and O–H groups in total. The predicted octanol–water partition coefficient (Wildman–Crippen LogP) is 2.17. The number of hydrogen-bond donors (Lipinski definition) is 0. The molecule has 0 unspecified atom stereocenters. The van der Waals surface area contributed by atoms with Crippen LogP contribution in [-0.4, -0.2) is 19.5 Å². The van der Waals surface area contributed by atoms with Gasteiger partial charge in [0.15, 0.2) is 0 Å². The molecular weight excluding hydrogens is 176 g/mol. The largest absolute Gasteiger partial charge is 0.368 e. The minimum atomic E-state index is -0.200. The van der Waals surface area contributed by atoms with Gasteiger partial charge in [-0.25, -0.2) is 0 Å². The van der Waals surface area contributed by atoms with Gasteiger partial charge < -0.3 is 9.53 Å². The van der Waals surface area contributed by atoms with Crippen molar-refractivity contribution in [3.05, 3.63) is 0 Å². The third-order valence-electron chi connectivity index (χ3n) is 2.65. The van der Waals surface area contributed by atoms with Gasteiger partial charge in [-0.3, -0.25) is 0 Å². The molecule has 0 aromatic heterocycles. The molecule has 1 aliphatic rings. The summed E-state index contributed by atoms with van der Waals surface area (Å²) < 4.78 is 5.08. The van der Waals surface area contributed by atoms with E-state index in [2.05, 4.69) is 11.8 Å². The van der Waals surface area contributed by atoms with Crippen molar-refractivity contribution >= 4 is 6.29 Å². The van der Waals surface area contributed by atoms with E-state index >= 15 is 0 Å². The second-order valence-corrected chi connectivity index (χ2v) is 3.75. The summed E-state index contributed by atoms with van der Waals surface area (Å²) in [5.41, 5.74) is 0. The van der Waals surface area contributed by atoms with Crippen LogP contribution in [0.5, 0.6) is 0 Å². The summed E-state index contributed by atoms with van der Waals surface area (Å²) in [6.45, 7) is 0. The van der Waals surface area contributed by atoms with Crippen molar-refractivity contribution < 1.29 is 9.53 Å². The molecule has 0 aromatic carbocycles. The van der Waals surface area contributed by atoms with Gasteiger partial charge in [-0.15, -0.1) is 0 Å². The van der Waals surface area contributed by atoms with E-state index in [0.717, 1.165) is 6.29 Å². The Bertz CT molecular complexity index is 218. The van der Waals surface area contributed by atoms with Gasteiger partial charge in [0, 0.05) is 19.4 Å². The summed E-state index contributed by atoms with van der Waals surface area (Å²) in [4.78, 5) is 10.3. The number of ether oxygens (including phenoxy) is 1. The van der Waals surface area contributed by atoms with E-state index in [1.807, 2.05) is 0 Å². The molecule has 1 rings (SSSR count). The maximum atomic E-state index is 10.3. The zero-order valence-electron chi connectivity index (χ0n) is 8.79. The summed E-state index contributed by atoms with van der Waals surface area (Å²) >= 11 is 0. The van der Waals surface area contributed by atoms with E-state index < -0.39 is 0 Å². The molecule has 0 bridgehead atoms. The highest BCUT2D eigenvalue weighted by molar-refractivity contribution is 5.51. The van der Waals surface area contributed by atoms with Gasteiger partial charge in [0.2, 0.25) is 0 Å². The number of carbonyl (C=O) groups excluding carboxylic acids is 1. The average Bonchev–Trinajstić information content (AvgIpc) is 2.25. The predicted molar refractivity (Wildman–Crippen MR) is 55.8 cm³/mol. The molecule has 2 nitrogen and oxygen atoms in total. The van der Waals surface area contributed by atoms with E-state index in [-0.39, 0.29) is 6.10 Å². The van der Waals surface area contributed by atoms with Crippen LogP contribution in [-0.2, 0) is 9.53 Å². The maximum absolute atomic E-state index is 10.3. The fourth-order valence-corrected chi connectivity index (χ4v) is 1.76. The van der Waals surface area contributed by atoms with E-state index in [4.69, 9.17) is 4.74 Å². The lowest BCUT2D eigenvalue weighted by atomic mass is 9.90. The lowest BCUT2D eigenvalue weighted by Gasteiger charge is -2.16. The molecule has 1 aliphatic carbocycles. The minimum absolute atomic E-state index is 0.200. The fourth-order valence-electron chi connectivity index (χ4n) is 1.76. The topological polar surface area (TPSA) is 26.3 Å². The normalized spacial score (nSPS) is 19.5. The Hall–Kier alpha value is -0.810. The van der Waals surface area contributed by atoms with Gasteiger partial charge in [0.05, 0.1) is 0 Å². The van der Waals surface area contributed by atoms with Crippen molar-refractivity contribution in [2.24, 2.45) is 5.92 Å². The molecule has 0 aromatic rings. The Morgan fingerprint density at radius 2 is 2.14 bits per heavy atom. The zero-order chi connectivity index (χ0) is 10.2. The number of carbonyl (C=O) groups is 1. The first kappa shape index (κ1) is 11.3. The lowest BCUT2D eigenvalue weighted by Crippen LogP contribution is -2.09. The zero-order valence-corrected chi connectivity index (χ0v) is 8.79. The molecule has 0 amide bonds. The molecule has 0 heterocycles. The van der Waals surface area contributed by atoms with Crippen molar-refractivity contribution in [2.75, 3.05) is 7.11 Å². The third-order valence-corrected chi connectivity index (χ3v) is 2.65. The molecule has 0 aliphatic heterocycles. The van der Waals surface area contributed by atoms with Crippen molar-refractivity contribution in [1.82, 2.24) is 0 Å². The SMILES string of the molecule is CO[C@@H](C#CC1CCCCC1)CC=O. The quantitative estimate of drug-likeness (QED) is 0.508. The Morgan fingerprint density at radius 3 is 2.71 bits per heavy atom. The number of aldehydes is 1. The van der Waals surface area contributed by atoms with Gasteiger partial charge in [-0.2, -0.15) is 0 Å². The van der Waals surface area contributed by atoms with Gasteiger partial charge >= 0.3 is 0 Å². The second kappa shape index (κ2) is 6.62. The van der Waals surface area contributed by atoms with E-state index in [9.17, 15) is 4.79 Å². The van der Waals surface area contributed by atoms with Crippen LogP contribution in [0.25, 0.3) is 0 Å². The Labute approximate surface area is 86.0 Å². The van der Waals surface area contributed by atoms with Gasteiger partial charge in [0.1, 0.15) is 12.4 Å². The summed E-state index contributed by atoms with van der Waals surface area (Å²) in [5.74, 6) is 6.80. The van der Waals surface area contributed by atoms with E-state index in [1.54, 1.807) is 7.11 Å². The summed E-state index contributed by atoms with van der Waals surface area (Å²) in [7, 11) is 1.60. The van der Waals surface area contributed by atoms with Crippen LogP contribution in [0.4, 0.5) is 0 Å². The molecule has 0 radical (unpaired) electrons. The first-order valence-electron chi connectivity index (χ1n) is 5.34. The number of methoxy groups -OCH3 is 1. The molecule has 1 atom stereocenters. The molecule has 0 saturated heterocycles. The van der Waals surface area contributed by atoms with Crippen LogP contribution in [0, 0.1) is 17.8 Å². The summed E-state index contributed by atoms with van der Waals surface area (Å²) in [5, 5.41) is 0. The Morgan fingerprint density at radius 1 is 1.43 bits per heavy atom. The van der Waals surface area contributed by atoms with Crippen LogP contribution >= 0.6 is 0 Å². The van der Waals surface area contributed by atoms with Crippen LogP contribution in [0.3, 0.4) is 0 Å². The third kappa shape index (κ3) is 3.93.